The van der Waals surface area contributed by atoms with E-state index in [4.69, 9.17) is 0 Å². The summed E-state index contributed by atoms with van der Waals surface area (Å²) in [5.41, 5.74) is 1.46. The van der Waals surface area contributed by atoms with Crippen molar-refractivity contribution < 1.29 is 5.11 Å². The quantitative estimate of drug-likeness (QED) is 0.690. The molecule has 0 aliphatic heterocycles. The highest BCUT2D eigenvalue weighted by molar-refractivity contribution is 5.20. The topological polar surface area (TPSA) is 20.2 Å². The fraction of sp³-hybridized carbons (Fsp3) is 0.810. The minimum absolute atomic E-state index is 0.137. The molecule has 0 heterocycles. The van der Waals surface area contributed by atoms with Crippen LogP contribution in [0, 0.1) is 29.1 Å². The Morgan fingerprint density at radius 1 is 1.23 bits per heavy atom. The van der Waals surface area contributed by atoms with Gasteiger partial charge in [-0.05, 0) is 93.3 Å². The van der Waals surface area contributed by atoms with E-state index in [2.05, 4.69) is 19.6 Å². The lowest BCUT2D eigenvalue weighted by Crippen LogP contribution is -2.52. The van der Waals surface area contributed by atoms with Crippen molar-refractivity contribution in [3.05, 3.63) is 24.3 Å². The lowest BCUT2D eigenvalue weighted by atomic mass is 9.50. The van der Waals surface area contributed by atoms with E-state index in [1.807, 2.05) is 6.08 Å². The first-order valence-electron chi connectivity index (χ1n) is 9.61. The Hall–Kier alpha value is -0.560. The van der Waals surface area contributed by atoms with Crippen molar-refractivity contribution in [3.63, 3.8) is 0 Å². The van der Waals surface area contributed by atoms with E-state index >= 15 is 0 Å². The molecule has 4 aliphatic rings. The minimum Gasteiger partial charge on any atom is -0.389 e. The van der Waals surface area contributed by atoms with Gasteiger partial charge in [0.1, 0.15) is 0 Å². The molecule has 3 saturated carbocycles. The second-order valence-electron chi connectivity index (χ2n) is 8.81. The maximum absolute atomic E-state index is 11.3. The molecule has 0 aromatic carbocycles. The number of aliphatic hydroxyl groups is 1. The Balaban J connectivity index is 1.62. The van der Waals surface area contributed by atoms with Crippen LogP contribution in [0.1, 0.15) is 71.1 Å². The van der Waals surface area contributed by atoms with E-state index in [1.54, 1.807) is 5.57 Å². The highest BCUT2D eigenvalue weighted by Gasteiger charge is 2.61. The Bertz CT molecular complexity index is 492. The van der Waals surface area contributed by atoms with E-state index in [0.29, 0.717) is 0 Å². The molecule has 3 fully saturated rings. The summed E-state index contributed by atoms with van der Waals surface area (Å²) < 4.78 is 0. The molecule has 0 bridgehead atoms. The van der Waals surface area contributed by atoms with Gasteiger partial charge < -0.3 is 5.11 Å². The zero-order chi connectivity index (χ0) is 15.4. The van der Waals surface area contributed by atoms with Gasteiger partial charge in [-0.15, -0.1) is 6.58 Å². The monoisotopic (exact) mass is 300 g/mol. The van der Waals surface area contributed by atoms with Crippen molar-refractivity contribution in [2.45, 2.75) is 76.7 Å². The van der Waals surface area contributed by atoms with Gasteiger partial charge in [-0.25, -0.2) is 0 Å². The fourth-order valence-electron chi connectivity index (χ4n) is 6.99. The standard InChI is InChI=1S/C21H32O/c1-3-12-21(22)14-11-19-18-9-8-15-6-4-5-7-16(15)17(18)10-13-20(19,21)2/h3,6,16-19,22H,1,4-5,7-14H2,2H3/t16-,17+,18+,19-,20?,21-/m0/s1. The third-order valence-electron chi connectivity index (χ3n) is 8.18. The fourth-order valence-corrected chi connectivity index (χ4v) is 6.99. The average molecular weight is 300 g/mol. The number of fused-ring (bicyclic) bond motifs is 5. The predicted octanol–water partition coefficient (Wildman–Crippen LogP) is 5.26. The average Bonchev–Trinajstić information content (AvgIpc) is 2.79. The third-order valence-corrected chi connectivity index (χ3v) is 8.18. The number of hydrogen-bond donors (Lipinski definition) is 1. The maximum Gasteiger partial charge on any atom is 0.0738 e. The van der Waals surface area contributed by atoms with Gasteiger partial charge in [-0.2, -0.15) is 0 Å². The van der Waals surface area contributed by atoms with Gasteiger partial charge in [0, 0.05) is 0 Å². The first-order valence-corrected chi connectivity index (χ1v) is 9.61. The van der Waals surface area contributed by atoms with Gasteiger partial charge in [-0.3, -0.25) is 0 Å². The lowest BCUT2D eigenvalue weighted by molar-refractivity contribution is -0.115. The Labute approximate surface area is 135 Å². The molecule has 1 N–H and O–H groups in total. The van der Waals surface area contributed by atoms with E-state index in [1.165, 1.54) is 51.4 Å². The van der Waals surface area contributed by atoms with Gasteiger partial charge in [-0.1, -0.05) is 24.6 Å². The SMILES string of the molecule is C=CC[C@]1(O)CC[C@H]2[C@@H]3CCC4=CCCC[C@@H]4[C@H]3CCC21C. The van der Waals surface area contributed by atoms with Crippen LogP contribution >= 0.6 is 0 Å². The molecule has 0 radical (unpaired) electrons. The molecule has 1 unspecified atom stereocenters. The van der Waals surface area contributed by atoms with Gasteiger partial charge in [0.25, 0.3) is 0 Å². The first-order chi connectivity index (χ1) is 10.6. The second kappa shape index (κ2) is 5.23. The van der Waals surface area contributed by atoms with Crippen molar-refractivity contribution in [1.29, 1.82) is 0 Å². The number of allylic oxidation sites excluding steroid dienone is 2. The van der Waals surface area contributed by atoms with Crippen molar-refractivity contribution in [2.24, 2.45) is 29.1 Å². The Morgan fingerprint density at radius 2 is 2.09 bits per heavy atom. The maximum atomic E-state index is 11.3. The molecule has 6 atom stereocenters. The lowest BCUT2D eigenvalue weighted by Gasteiger charge is -2.55. The summed E-state index contributed by atoms with van der Waals surface area (Å²) in [4.78, 5) is 0. The molecule has 0 saturated heterocycles. The molecule has 22 heavy (non-hydrogen) atoms. The molecule has 0 spiro atoms. The van der Waals surface area contributed by atoms with Crippen LogP contribution in [0.25, 0.3) is 0 Å². The summed E-state index contributed by atoms with van der Waals surface area (Å²) in [6, 6.07) is 0. The predicted molar refractivity (Wildman–Crippen MR) is 91.5 cm³/mol. The Kier molecular flexibility index (Phi) is 3.56. The molecule has 0 aromatic heterocycles. The van der Waals surface area contributed by atoms with E-state index in [-0.39, 0.29) is 5.41 Å². The molecule has 0 aromatic rings. The molecular formula is C21H32O. The van der Waals surface area contributed by atoms with Gasteiger partial charge in [0.15, 0.2) is 0 Å². The second-order valence-corrected chi connectivity index (χ2v) is 8.81. The van der Waals surface area contributed by atoms with E-state index in [0.717, 1.165) is 36.5 Å². The molecule has 1 nitrogen and oxygen atoms in total. The van der Waals surface area contributed by atoms with E-state index in [9.17, 15) is 5.11 Å². The molecule has 1 heteroatoms. The third kappa shape index (κ3) is 1.94. The summed E-state index contributed by atoms with van der Waals surface area (Å²) in [6.45, 7) is 6.31. The van der Waals surface area contributed by atoms with Crippen LogP contribution in [0.15, 0.2) is 24.3 Å². The molecule has 0 amide bonds. The Morgan fingerprint density at radius 3 is 2.91 bits per heavy atom. The van der Waals surface area contributed by atoms with Crippen LogP contribution in [-0.4, -0.2) is 10.7 Å². The molecule has 4 aliphatic carbocycles. The zero-order valence-electron chi connectivity index (χ0n) is 14.2. The molecule has 4 rings (SSSR count). The zero-order valence-corrected chi connectivity index (χ0v) is 14.2. The van der Waals surface area contributed by atoms with Crippen molar-refractivity contribution in [3.8, 4) is 0 Å². The van der Waals surface area contributed by atoms with Crippen LogP contribution in [-0.2, 0) is 0 Å². The largest absolute Gasteiger partial charge is 0.389 e. The normalized spacial score (nSPS) is 50.5. The van der Waals surface area contributed by atoms with Gasteiger partial charge in [0.05, 0.1) is 5.60 Å². The van der Waals surface area contributed by atoms with E-state index < -0.39 is 5.60 Å². The number of hydrogen-bond acceptors (Lipinski definition) is 1. The van der Waals surface area contributed by atoms with Crippen LogP contribution in [0.3, 0.4) is 0 Å². The summed E-state index contributed by atoms with van der Waals surface area (Å²) in [6.07, 6.45) is 17.0. The van der Waals surface area contributed by atoms with Crippen LogP contribution < -0.4 is 0 Å². The summed E-state index contributed by atoms with van der Waals surface area (Å²) >= 11 is 0. The molecule has 122 valence electrons. The number of rotatable bonds is 2. The molecular weight excluding hydrogens is 268 g/mol. The summed E-state index contributed by atoms with van der Waals surface area (Å²) in [5.74, 6) is 3.44. The van der Waals surface area contributed by atoms with Gasteiger partial charge in [0.2, 0.25) is 0 Å². The summed E-state index contributed by atoms with van der Waals surface area (Å²) in [5, 5.41) is 11.3. The highest BCUT2D eigenvalue weighted by atomic mass is 16.3. The summed E-state index contributed by atoms with van der Waals surface area (Å²) in [7, 11) is 0. The van der Waals surface area contributed by atoms with Crippen LogP contribution in [0.4, 0.5) is 0 Å². The smallest absolute Gasteiger partial charge is 0.0738 e. The van der Waals surface area contributed by atoms with Crippen LogP contribution in [0.2, 0.25) is 0 Å². The van der Waals surface area contributed by atoms with Crippen molar-refractivity contribution in [2.75, 3.05) is 0 Å². The van der Waals surface area contributed by atoms with Crippen molar-refractivity contribution in [1.82, 2.24) is 0 Å². The van der Waals surface area contributed by atoms with Crippen molar-refractivity contribution >= 4 is 0 Å². The minimum atomic E-state index is -0.479. The highest BCUT2D eigenvalue weighted by Crippen LogP contribution is 2.65. The van der Waals surface area contributed by atoms with Gasteiger partial charge >= 0.3 is 0 Å². The van der Waals surface area contributed by atoms with Crippen LogP contribution in [0.5, 0.6) is 0 Å². The first kappa shape index (κ1) is 15.0.